The topological polar surface area (TPSA) is 29.5 Å². The summed E-state index contributed by atoms with van der Waals surface area (Å²) >= 11 is 5.03. The molecule has 1 aromatic carbocycles. The molecule has 1 aliphatic heterocycles. The van der Waals surface area contributed by atoms with Gasteiger partial charge in [-0.15, -0.1) is 11.3 Å². The van der Waals surface area contributed by atoms with Crippen molar-refractivity contribution in [2.45, 2.75) is 45.2 Å². The Bertz CT molecular complexity index is 764. The highest BCUT2D eigenvalue weighted by Gasteiger charge is 2.28. The Morgan fingerprint density at radius 3 is 2.92 bits per heavy atom. The first-order valence-corrected chi connectivity index (χ1v) is 10.9. The van der Waals surface area contributed by atoms with Gasteiger partial charge in [-0.2, -0.15) is 0 Å². The number of carbonyl (C=O) groups is 1. The zero-order valence-electron chi connectivity index (χ0n) is 14.8. The maximum absolute atomic E-state index is 14.5. The summed E-state index contributed by atoms with van der Waals surface area (Å²) < 4.78 is 19.7. The summed E-state index contributed by atoms with van der Waals surface area (Å²) in [5, 5.41) is 1.63. The smallest absolute Gasteiger partial charge is 0.308 e. The third-order valence-electron chi connectivity index (χ3n) is 4.68. The molecule has 1 aliphatic rings. The lowest BCUT2D eigenvalue weighted by Gasteiger charge is -2.35. The minimum atomic E-state index is -0.292. The molecule has 0 radical (unpaired) electrons. The third-order valence-corrected chi connectivity index (χ3v) is 6.36. The summed E-state index contributed by atoms with van der Waals surface area (Å²) in [6, 6.07) is 9.14. The molecule has 3 nitrogen and oxygen atoms in total. The molecule has 1 aromatic heterocycles. The molecule has 6 heteroatoms. The van der Waals surface area contributed by atoms with Crippen LogP contribution in [0, 0.1) is 5.82 Å². The van der Waals surface area contributed by atoms with Crippen LogP contribution in [0.15, 0.2) is 30.3 Å². The van der Waals surface area contributed by atoms with Crippen molar-refractivity contribution in [2.75, 3.05) is 11.9 Å². The van der Waals surface area contributed by atoms with Crippen LogP contribution >= 0.6 is 27.3 Å². The van der Waals surface area contributed by atoms with Gasteiger partial charge in [0.1, 0.15) is 5.82 Å². The van der Waals surface area contributed by atoms with E-state index in [4.69, 9.17) is 4.74 Å². The quantitative estimate of drug-likeness (QED) is 0.325. The lowest BCUT2D eigenvalue weighted by atomic mass is 9.96. The van der Waals surface area contributed by atoms with Crippen LogP contribution < -0.4 is 4.74 Å². The van der Waals surface area contributed by atoms with Gasteiger partial charge in [0.2, 0.25) is 0 Å². The molecule has 0 spiro atoms. The lowest BCUT2D eigenvalue weighted by molar-refractivity contribution is -0.131. The molecule has 0 saturated heterocycles. The summed E-state index contributed by atoms with van der Waals surface area (Å²) in [5.41, 5.74) is 1.97. The fourth-order valence-corrected chi connectivity index (χ4v) is 4.95. The minimum absolute atomic E-state index is 0.0699. The van der Waals surface area contributed by atoms with Gasteiger partial charge in [0.25, 0.3) is 0 Å². The Kier molecular flexibility index (Phi) is 6.84. The van der Waals surface area contributed by atoms with Crippen LogP contribution in [0.3, 0.4) is 0 Å². The van der Waals surface area contributed by atoms with Gasteiger partial charge in [-0.3, -0.25) is 9.69 Å². The Balaban J connectivity index is 1.80. The van der Waals surface area contributed by atoms with Crippen molar-refractivity contribution in [1.82, 2.24) is 4.90 Å². The fourth-order valence-electron chi connectivity index (χ4n) is 3.50. The Labute approximate surface area is 166 Å². The summed E-state index contributed by atoms with van der Waals surface area (Å²) in [7, 11) is 0. The Morgan fingerprint density at radius 1 is 1.38 bits per heavy atom. The number of esters is 1. The molecular weight excluding hydrogens is 417 g/mol. The maximum Gasteiger partial charge on any atom is 0.308 e. The van der Waals surface area contributed by atoms with Crippen LogP contribution in [0.4, 0.5) is 4.39 Å². The molecule has 0 N–H and O–H groups in total. The highest BCUT2D eigenvalue weighted by atomic mass is 79.9. The third kappa shape index (κ3) is 4.72. The van der Waals surface area contributed by atoms with E-state index in [1.165, 1.54) is 17.4 Å². The molecular formula is C20H23BrFNO2S. The number of unbranched alkanes of at least 4 members (excludes halogenated alkanes) is 1. The summed E-state index contributed by atoms with van der Waals surface area (Å²) in [4.78, 5) is 14.8. The zero-order chi connectivity index (χ0) is 18.5. The number of nitrogens with zero attached hydrogens (tertiary/aromatic N) is 1. The van der Waals surface area contributed by atoms with E-state index in [-0.39, 0.29) is 17.8 Å². The van der Waals surface area contributed by atoms with Crippen molar-refractivity contribution >= 4 is 33.2 Å². The number of carbonyl (C=O) groups excluding carboxylic acids is 1. The summed E-state index contributed by atoms with van der Waals surface area (Å²) in [6.45, 7) is 3.07. The molecule has 0 aliphatic carbocycles. The van der Waals surface area contributed by atoms with Crippen molar-refractivity contribution in [3.8, 4) is 5.06 Å². The molecule has 0 saturated carbocycles. The van der Waals surface area contributed by atoms with E-state index in [0.29, 0.717) is 5.06 Å². The highest BCUT2D eigenvalue weighted by Crippen LogP contribution is 2.38. The van der Waals surface area contributed by atoms with E-state index in [9.17, 15) is 9.18 Å². The van der Waals surface area contributed by atoms with Gasteiger partial charge in [0, 0.05) is 41.8 Å². The fraction of sp³-hybridized carbons (Fsp3) is 0.450. The number of halogens is 2. The molecule has 26 heavy (non-hydrogen) atoms. The molecule has 140 valence electrons. The van der Waals surface area contributed by atoms with Crippen molar-refractivity contribution in [3.05, 3.63) is 52.2 Å². The summed E-state index contributed by atoms with van der Waals surface area (Å²) in [5.74, 6) is -0.424. The monoisotopic (exact) mass is 439 g/mol. The van der Waals surface area contributed by atoms with Crippen molar-refractivity contribution in [1.29, 1.82) is 0 Å². The van der Waals surface area contributed by atoms with Gasteiger partial charge in [-0.1, -0.05) is 40.5 Å². The van der Waals surface area contributed by atoms with Gasteiger partial charge < -0.3 is 4.74 Å². The second-order valence-corrected chi connectivity index (χ2v) is 8.44. The number of rotatable bonds is 7. The maximum atomic E-state index is 14.5. The van der Waals surface area contributed by atoms with Gasteiger partial charge in [-0.05, 0) is 37.0 Å². The average molecular weight is 440 g/mol. The van der Waals surface area contributed by atoms with Gasteiger partial charge in [0.15, 0.2) is 5.06 Å². The predicted octanol–water partition coefficient (Wildman–Crippen LogP) is 5.48. The molecule has 0 fully saturated rings. The highest BCUT2D eigenvalue weighted by molar-refractivity contribution is 9.09. The van der Waals surface area contributed by atoms with E-state index < -0.39 is 0 Å². The summed E-state index contributed by atoms with van der Waals surface area (Å²) in [6.07, 6.45) is 3.97. The first kappa shape index (κ1) is 19.5. The molecule has 0 bridgehead atoms. The van der Waals surface area contributed by atoms with Crippen LogP contribution in [0.1, 0.15) is 48.2 Å². The second kappa shape index (κ2) is 9.11. The van der Waals surface area contributed by atoms with E-state index in [1.807, 2.05) is 18.2 Å². The first-order valence-electron chi connectivity index (χ1n) is 8.93. The van der Waals surface area contributed by atoms with E-state index >= 15 is 0 Å². The van der Waals surface area contributed by atoms with Crippen LogP contribution in [-0.2, 0) is 17.8 Å². The zero-order valence-corrected chi connectivity index (χ0v) is 17.2. The predicted molar refractivity (Wildman–Crippen MR) is 107 cm³/mol. The van der Waals surface area contributed by atoms with Gasteiger partial charge in [-0.25, -0.2) is 4.39 Å². The van der Waals surface area contributed by atoms with Crippen molar-refractivity contribution in [3.63, 3.8) is 0 Å². The van der Waals surface area contributed by atoms with Crippen LogP contribution in [0.5, 0.6) is 5.06 Å². The second-order valence-electron chi connectivity index (χ2n) is 6.55. The first-order chi connectivity index (χ1) is 12.6. The van der Waals surface area contributed by atoms with E-state index in [0.717, 1.165) is 49.7 Å². The van der Waals surface area contributed by atoms with Crippen molar-refractivity contribution < 1.29 is 13.9 Å². The number of hydrogen-bond acceptors (Lipinski definition) is 4. The molecule has 0 amide bonds. The number of benzene rings is 1. The van der Waals surface area contributed by atoms with Gasteiger partial charge in [0.05, 0.1) is 0 Å². The minimum Gasteiger partial charge on any atom is -0.416 e. The standard InChI is InChI=1S/C20H23BrFNO2S/c1-14(24)25-20-12-15-13-23(11-9-19(15)26-20)18(8-4-5-10-21)16-6-2-3-7-17(16)22/h2-3,6-7,12,18H,4-5,8-11,13H2,1H3. The van der Waals surface area contributed by atoms with E-state index in [2.05, 4.69) is 20.8 Å². The number of alkyl halides is 1. The molecule has 1 atom stereocenters. The number of ether oxygens (including phenoxy) is 1. The number of thiophene rings is 1. The Hall–Kier alpha value is -1.24. The molecule has 2 heterocycles. The van der Waals surface area contributed by atoms with Crippen LogP contribution in [0.2, 0.25) is 0 Å². The number of fused-ring (bicyclic) bond motifs is 1. The number of hydrogen-bond donors (Lipinski definition) is 0. The van der Waals surface area contributed by atoms with Crippen LogP contribution in [-0.4, -0.2) is 22.7 Å². The van der Waals surface area contributed by atoms with Crippen molar-refractivity contribution in [2.24, 2.45) is 0 Å². The van der Waals surface area contributed by atoms with E-state index in [1.54, 1.807) is 23.5 Å². The molecule has 2 aromatic rings. The SMILES string of the molecule is CC(=O)Oc1cc2c(s1)CCN(C(CCCCBr)c1ccccc1F)C2. The largest absolute Gasteiger partial charge is 0.416 e. The van der Waals surface area contributed by atoms with Gasteiger partial charge >= 0.3 is 5.97 Å². The lowest BCUT2D eigenvalue weighted by Crippen LogP contribution is -2.34. The Morgan fingerprint density at radius 2 is 2.19 bits per heavy atom. The van der Waals surface area contributed by atoms with Crippen LogP contribution in [0.25, 0.3) is 0 Å². The molecule has 1 unspecified atom stereocenters. The molecule has 3 rings (SSSR count). The average Bonchev–Trinajstić information content (AvgIpc) is 3.00. The normalized spacial score (nSPS) is 15.5.